The van der Waals surface area contributed by atoms with Crippen molar-refractivity contribution >= 4 is 11.7 Å². The zero-order valence-corrected chi connectivity index (χ0v) is 12.8. The van der Waals surface area contributed by atoms with Gasteiger partial charge in [-0.2, -0.15) is 0 Å². The quantitative estimate of drug-likeness (QED) is 0.770. The molecule has 0 spiro atoms. The molecule has 1 aliphatic heterocycles. The predicted molar refractivity (Wildman–Crippen MR) is 85.0 cm³/mol. The molecule has 2 heterocycles. The molecule has 4 rings (SSSR count). The first-order valence-electron chi connectivity index (χ1n) is 7.61. The van der Waals surface area contributed by atoms with E-state index in [9.17, 15) is 18.0 Å². The molecule has 1 N–H and O–H groups in total. The first kappa shape index (κ1) is 15.4. The second-order valence-electron chi connectivity index (χ2n) is 5.80. The Morgan fingerprint density at radius 1 is 1.04 bits per heavy atom. The van der Waals surface area contributed by atoms with Gasteiger partial charge in [0.05, 0.1) is 11.4 Å². The molecule has 1 aliphatic rings. The Morgan fingerprint density at radius 2 is 1.76 bits per heavy atom. The average Bonchev–Trinajstić information content (AvgIpc) is 3.00. The van der Waals surface area contributed by atoms with Gasteiger partial charge in [0, 0.05) is 18.4 Å². The van der Waals surface area contributed by atoms with Crippen LogP contribution in [-0.4, -0.2) is 15.5 Å². The summed E-state index contributed by atoms with van der Waals surface area (Å²) in [4.78, 5) is 16.4. The number of fused-ring (bicyclic) bond motifs is 1. The molecular weight excluding hydrogens is 331 g/mol. The lowest BCUT2D eigenvalue weighted by Gasteiger charge is -2.23. The summed E-state index contributed by atoms with van der Waals surface area (Å²) in [7, 11) is 0. The number of hydrogen-bond donors (Lipinski definition) is 1. The molecule has 0 radical (unpaired) electrons. The van der Waals surface area contributed by atoms with E-state index in [1.54, 1.807) is 12.1 Å². The summed E-state index contributed by atoms with van der Waals surface area (Å²) in [6, 6.07) is 8.86. The summed E-state index contributed by atoms with van der Waals surface area (Å²) in [5.41, 5.74) is 1.20. The summed E-state index contributed by atoms with van der Waals surface area (Å²) >= 11 is 0. The Labute approximate surface area is 140 Å². The number of anilines is 1. The number of amides is 1. The molecular formula is C18H12F3N3O. The first-order chi connectivity index (χ1) is 12.0. The molecule has 3 aromatic rings. The molecule has 4 nitrogen and oxygen atoms in total. The smallest absolute Gasteiger partial charge is 0.226 e. The van der Waals surface area contributed by atoms with Crippen molar-refractivity contribution in [3.8, 4) is 5.69 Å². The Bertz CT molecular complexity index is 966. The van der Waals surface area contributed by atoms with Crippen molar-refractivity contribution < 1.29 is 18.0 Å². The molecule has 126 valence electrons. The van der Waals surface area contributed by atoms with E-state index in [4.69, 9.17) is 0 Å². The zero-order valence-electron chi connectivity index (χ0n) is 12.8. The van der Waals surface area contributed by atoms with Crippen LogP contribution < -0.4 is 5.32 Å². The van der Waals surface area contributed by atoms with Crippen LogP contribution in [0.3, 0.4) is 0 Å². The van der Waals surface area contributed by atoms with Gasteiger partial charge in [-0.1, -0.05) is 12.1 Å². The molecule has 1 atom stereocenters. The number of nitrogens with one attached hydrogen (secondary N) is 1. The fourth-order valence-corrected chi connectivity index (χ4v) is 3.03. The molecule has 0 saturated heterocycles. The lowest BCUT2D eigenvalue weighted by Crippen LogP contribution is -2.25. The van der Waals surface area contributed by atoms with Crippen molar-refractivity contribution in [1.29, 1.82) is 0 Å². The van der Waals surface area contributed by atoms with Gasteiger partial charge in [-0.05, 0) is 29.8 Å². The van der Waals surface area contributed by atoms with Crippen LogP contribution in [0.2, 0.25) is 0 Å². The first-order valence-corrected chi connectivity index (χ1v) is 7.61. The minimum absolute atomic E-state index is 0.0474. The van der Waals surface area contributed by atoms with Gasteiger partial charge in [0.25, 0.3) is 0 Å². The minimum atomic E-state index is -0.639. The number of aromatic nitrogens is 2. The fourth-order valence-electron chi connectivity index (χ4n) is 3.03. The van der Waals surface area contributed by atoms with Crippen LogP contribution in [0.4, 0.5) is 19.0 Å². The van der Waals surface area contributed by atoms with Gasteiger partial charge in [0.2, 0.25) is 5.91 Å². The number of benzene rings is 2. The van der Waals surface area contributed by atoms with Crippen LogP contribution >= 0.6 is 0 Å². The maximum absolute atomic E-state index is 14.1. The van der Waals surface area contributed by atoms with Crippen molar-refractivity contribution in [3.05, 3.63) is 77.5 Å². The van der Waals surface area contributed by atoms with Gasteiger partial charge >= 0.3 is 0 Å². The highest BCUT2D eigenvalue weighted by molar-refractivity contribution is 5.94. The Balaban J connectivity index is 1.84. The van der Waals surface area contributed by atoms with Crippen molar-refractivity contribution in [2.45, 2.75) is 12.3 Å². The number of rotatable bonds is 2. The van der Waals surface area contributed by atoms with E-state index in [1.165, 1.54) is 23.0 Å². The van der Waals surface area contributed by atoms with Gasteiger partial charge < -0.3 is 5.32 Å². The van der Waals surface area contributed by atoms with Crippen LogP contribution in [0, 0.1) is 17.5 Å². The lowest BCUT2D eigenvalue weighted by molar-refractivity contribution is -0.116. The number of nitrogens with zero attached hydrogens (tertiary/aromatic N) is 2. The average molecular weight is 343 g/mol. The molecule has 1 amide bonds. The topological polar surface area (TPSA) is 46.9 Å². The largest absolute Gasteiger partial charge is 0.310 e. The van der Waals surface area contributed by atoms with Crippen LogP contribution in [-0.2, 0) is 4.79 Å². The fraction of sp³-hybridized carbons (Fsp3) is 0.111. The standard InChI is InChI=1S/C18H12F3N3O/c19-11-3-1-10(2-4-11)13-8-16(25)23-18-17(13)22-9-24(18)15-7-12(20)5-6-14(15)21/h1-7,9,13H,8H2,(H,23,25)/t13-/m0/s1. The molecule has 0 unspecified atom stereocenters. The van der Waals surface area contributed by atoms with E-state index in [2.05, 4.69) is 10.3 Å². The summed E-state index contributed by atoms with van der Waals surface area (Å²) in [6.45, 7) is 0. The predicted octanol–water partition coefficient (Wildman–Crippen LogP) is 3.76. The van der Waals surface area contributed by atoms with Crippen molar-refractivity contribution in [3.63, 3.8) is 0 Å². The highest BCUT2D eigenvalue weighted by Gasteiger charge is 2.31. The molecule has 0 saturated carbocycles. The molecule has 7 heteroatoms. The van der Waals surface area contributed by atoms with Crippen LogP contribution in [0.1, 0.15) is 23.6 Å². The Kier molecular flexibility index (Phi) is 3.56. The summed E-state index contributed by atoms with van der Waals surface area (Å²) in [5.74, 6) is -2.00. The zero-order chi connectivity index (χ0) is 17.6. The maximum Gasteiger partial charge on any atom is 0.226 e. The van der Waals surface area contributed by atoms with E-state index in [1.807, 2.05) is 0 Å². The van der Waals surface area contributed by atoms with Crippen LogP contribution in [0.25, 0.3) is 5.69 Å². The van der Waals surface area contributed by atoms with Gasteiger partial charge in [0.15, 0.2) is 0 Å². The highest BCUT2D eigenvalue weighted by atomic mass is 19.1. The van der Waals surface area contributed by atoms with Gasteiger partial charge in [-0.25, -0.2) is 18.2 Å². The maximum atomic E-state index is 14.1. The number of carbonyl (C=O) groups is 1. The summed E-state index contributed by atoms with van der Waals surface area (Å²) in [5, 5.41) is 2.66. The van der Waals surface area contributed by atoms with Crippen molar-refractivity contribution in [2.24, 2.45) is 0 Å². The molecule has 0 bridgehead atoms. The van der Waals surface area contributed by atoms with Gasteiger partial charge in [0.1, 0.15) is 29.6 Å². The number of carbonyl (C=O) groups excluding carboxylic acids is 1. The molecule has 0 aliphatic carbocycles. The van der Waals surface area contributed by atoms with E-state index in [-0.39, 0.29) is 35.6 Å². The second kappa shape index (κ2) is 5.77. The Morgan fingerprint density at radius 3 is 2.52 bits per heavy atom. The lowest BCUT2D eigenvalue weighted by atomic mass is 9.90. The number of hydrogen-bond acceptors (Lipinski definition) is 2. The normalized spacial score (nSPS) is 16.4. The van der Waals surface area contributed by atoms with E-state index >= 15 is 0 Å². The third kappa shape index (κ3) is 2.67. The van der Waals surface area contributed by atoms with Gasteiger partial charge in [-0.3, -0.25) is 9.36 Å². The highest BCUT2D eigenvalue weighted by Crippen LogP contribution is 2.37. The Hall–Kier alpha value is -3.09. The van der Waals surface area contributed by atoms with E-state index in [0.29, 0.717) is 5.69 Å². The number of halogens is 3. The summed E-state index contributed by atoms with van der Waals surface area (Å²) < 4.78 is 42.1. The molecule has 25 heavy (non-hydrogen) atoms. The molecule has 2 aromatic carbocycles. The van der Waals surface area contributed by atoms with Crippen LogP contribution in [0.5, 0.6) is 0 Å². The third-order valence-corrected chi connectivity index (χ3v) is 4.21. The SMILES string of the molecule is O=C1C[C@@H](c2ccc(F)cc2)c2ncn(-c3cc(F)ccc3F)c2N1. The molecule has 0 fully saturated rings. The monoisotopic (exact) mass is 343 g/mol. The minimum Gasteiger partial charge on any atom is -0.310 e. The third-order valence-electron chi connectivity index (χ3n) is 4.21. The van der Waals surface area contributed by atoms with Gasteiger partial charge in [-0.15, -0.1) is 0 Å². The molecule has 1 aromatic heterocycles. The van der Waals surface area contributed by atoms with E-state index < -0.39 is 11.6 Å². The van der Waals surface area contributed by atoms with Crippen molar-refractivity contribution in [2.75, 3.05) is 5.32 Å². The van der Waals surface area contributed by atoms with E-state index in [0.717, 1.165) is 23.8 Å². The summed E-state index contributed by atoms with van der Waals surface area (Å²) in [6.07, 6.45) is 1.48. The van der Waals surface area contributed by atoms with Crippen LogP contribution in [0.15, 0.2) is 48.8 Å². The van der Waals surface area contributed by atoms with Crippen molar-refractivity contribution in [1.82, 2.24) is 9.55 Å². The second-order valence-corrected chi connectivity index (χ2v) is 5.80. The number of imidazole rings is 1.